The van der Waals surface area contributed by atoms with Crippen molar-refractivity contribution >= 4 is 29.1 Å². The van der Waals surface area contributed by atoms with Crippen molar-refractivity contribution in [2.45, 2.75) is 20.8 Å². The Balaban J connectivity index is 2.37. The molecule has 110 valence electrons. The number of carbonyl (C=O) groups is 3. The van der Waals surface area contributed by atoms with Crippen LogP contribution < -0.4 is 10.6 Å². The van der Waals surface area contributed by atoms with Crippen LogP contribution >= 0.6 is 11.3 Å². The lowest BCUT2D eigenvalue weighted by Gasteiger charge is -2.19. The van der Waals surface area contributed by atoms with Gasteiger partial charge >= 0.3 is 5.97 Å². The van der Waals surface area contributed by atoms with Crippen molar-refractivity contribution in [2.75, 3.05) is 13.1 Å². The third-order valence-electron chi connectivity index (χ3n) is 2.68. The molecule has 0 unspecified atom stereocenters. The van der Waals surface area contributed by atoms with E-state index in [-0.39, 0.29) is 19.0 Å². The summed E-state index contributed by atoms with van der Waals surface area (Å²) in [7, 11) is 0. The van der Waals surface area contributed by atoms with Gasteiger partial charge in [0.2, 0.25) is 5.91 Å². The molecule has 0 aromatic carbocycles. The van der Waals surface area contributed by atoms with Crippen LogP contribution in [0.5, 0.6) is 0 Å². The van der Waals surface area contributed by atoms with Gasteiger partial charge in [-0.25, -0.2) is 0 Å². The summed E-state index contributed by atoms with van der Waals surface area (Å²) >= 11 is 1.35. The van der Waals surface area contributed by atoms with Gasteiger partial charge in [-0.3, -0.25) is 14.4 Å². The van der Waals surface area contributed by atoms with Crippen LogP contribution in [0.2, 0.25) is 0 Å². The smallest absolute Gasteiger partial charge is 0.310 e. The molecule has 1 aromatic heterocycles. The highest BCUT2D eigenvalue weighted by atomic mass is 32.1. The molecule has 0 aliphatic heterocycles. The molecule has 0 radical (unpaired) electrons. The first kappa shape index (κ1) is 16.2. The highest BCUT2D eigenvalue weighted by molar-refractivity contribution is 7.13. The van der Waals surface area contributed by atoms with Crippen molar-refractivity contribution < 1.29 is 19.5 Å². The number of carboxylic acids is 1. The standard InChI is InChI=1S/C13H18N2O4S/c1-8-4-5-9(20-8)11(17)14-6-10(16)15-7-13(2,3)12(18)19/h4-5H,6-7H2,1-3H3,(H,14,17)(H,15,16)(H,18,19). The molecule has 1 rings (SSSR count). The topological polar surface area (TPSA) is 95.5 Å². The van der Waals surface area contributed by atoms with Gasteiger partial charge in [0.1, 0.15) is 0 Å². The molecule has 0 saturated carbocycles. The summed E-state index contributed by atoms with van der Waals surface area (Å²) in [5.41, 5.74) is -1.04. The van der Waals surface area contributed by atoms with Crippen molar-refractivity contribution in [1.29, 1.82) is 0 Å². The largest absolute Gasteiger partial charge is 0.481 e. The second-order valence-corrected chi connectivity index (χ2v) is 6.35. The van der Waals surface area contributed by atoms with E-state index >= 15 is 0 Å². The Bertz CT molecular complexity index is 522. The van der Waals surface area contributed by atoms with Crippen molar-refractivity contribution in [3.05, 3.63) is 21.9 Å². The number of nitrogens with one attached hydrogen (secondary N) is 2. The van der Waals surface area contributed by atoms with Crippen molar-refractivity contribution in [1.82, 2.24) is 10.6 Å². The SMILES string of the molecule is Cc1ccc(C(=O)NCC(=O)NCC(C)(C)C(=O)O)s1. The molecule has 3 N–H and O–H groups in total. The number of thiophene rings is 1. The van der Waals surface area contributed by atoms with Crippen molar-refractivity contribution in [3.63, 3.8) is 0 Å². The lowest BCUT2D eigenvalue weighted by atomic mass is 9.94. The molecular weight excluding hydrogens is 280 g/mol. The minimum Gasteiger partial charge on any atom is -0.481 e. The first-order valence-electron chi connectivity index (χ1n) is 6.07. The first-order chi connectivity index (χ1) is 9.22. The van der Waals surface area contributed by atoms with Crippen molar-refractivity contribution in [3.8, 4) is 0 Å². The second-order valence-electron chi connectivity index (χ2n) is 5.06. The summed E-state index contributed by atoms with van der Waals surface area (Å²) < 4.78 is 0. The third kappa shape index (κ3) is 4.65. The monoisotopic (exact) mass is 298 g/mol. The van der Waals surface area contributed by atoms with Gasteiger partial charge in [0.25, 0.3) is 5.91 Å². The molecule has 2 amide bonds. The van der Waals surface area contributed by atoms with Crippen LogP contribution in [-0.4, -0.2) is 36.0 Å². The van der Waals surface area contributed by atoms with Crippen LogP contribution in [0.3, 0.4) is 0 Å². The average Bonchev–Trinajstić information content (AvgIpc) is 2.80. The fourth-order valence-electron chi connectivity index (χ4n) is 1.26. The lowest BCUT2D eigenvalue weighted by molar-refractivity contribution is -0.146. The van der Waals surface area contributed by atoms with Crippen LogP contribution in [0.15, 0.2) is 12.1 Å². The number of rotatable bonds is 6. The summed E-state index contributed by atoms with van der Waals surface area (Å²) in [5.74, 6) is -1.72. The number of carboxylic acid groups (broad SMARTS) is 1. The van der Waals surface area contributed by atoms with E-state index in [2.05, 4.69) is 10.6 Å². The zero-order chi connectivity index (χ0) is 15.3. The molecule has 0 atom stereocenters. The van der Waals surface area contributed by atoms with Gasteiger partial charge in [0, 0.05) is 11.4 Å². The molecule has 0 aliphatic carbocycles. The van der Waals surface area contributed by atoms with Crippen LogP contribution in [0.25, 0.3) is 0 Å². The molecule has 1 aromatic rings. The number of carbonyl (C=O) groups excluding carboxylic acids is 2. The number of amides is 2. The Labute approximate surface area is 121 Å². The Hall–Kier alpha value is -1.89. The number of aryl methyl sites for hydroxylation is 1. The molecule has 0 fully saturated rings. The van der Waals surface area contributed by atoms with E-state index in [1.165, 1.54) is 25.2 Å². The maximum absolute atomic E-state index is 11.7. The normalized spacial score (nSPS) is 10.9. The fraction of sp³-hybridized carbons (Fsp3) is 0.462. The van der Waals surface area contributed by atoms with Crippen LogP contribution in [0.1, 0.15) is 28.4 Å². The van der Waals surface area contributed by atoms with Crippen LogP contribution in [0.4, 0.5) is 0 Å². The minimum atomic E-state index is -1.04. The summed E-state index contributed by atoms with van der Waals surface area (Å²) in [6, 6.07) is 3.52. The molecule has 20 heavy (non-hydrogen) atoms. The number of hydrogen-bond donors (Lipinski definition) is 3. The predicted octanol–water partition coefficient (Wildman–Crippen LogP) is 1.01. The quantitative estimate of drug-likeness (QED) is 0.730. The van der Waals surface area contributed by atoms with Gasteiger partial charge in [0.15, 0.2) is 0 Å². The van der Waals surface area contributed by atoms with E-state index in [9.17, 15) is 14.4 Å². The molecule has 6 nitrogen and oxygen atoms in total. The van der Waals surface area contributed by atoms with E-state index < -0.39 is 17.3 Å². The van der Waals surface area contributed by atoms with Gasteiger partial charge in [-0.15, -0.1) is 11.3 Å². The molecular formula is C13H18N2O4S. The Morgan fingerprint density at radius 3 is 2.40 bits per heavy atom. The van der Waals surface area contributed by atoms with Crippen LogP contribution in [0, 0.1) is 12.3 Å². The zero-order valence-corrected chi connectivity index (χ0v) is 12.5. The average molecular weight is 298 g/mol. The van der Waals surface area contributed by atoms with Gasteiger partial charge in [0.05, 0.1) is 16.8 Å². The summed E-state index contributed by atoms with van der Waals surface area (Å²) in [5, 5.41) is 13.9. The van der Waals surface area contributed by atoms with E-state index in [1.807, 2.05) is 13.0 Å². The third-order valence-corrected chi connectivity index (χ3v) is 3.68. The number of aliphatic carboxylic acids is 1. The lowest BCUT2D eigenvalue weighted by Crippen LogP contribution is -2.43. The van der Waals surface area contributed by atoms with E-state index in [1.54, 1.807) is 6.07 Å². The summed E-state index contributed by atoms with van der Waals surface area (Å²) in [6.07, 6.45) is 0. The second kappa shape index (κ2) is 6.51. The first-order valence-corrected chi connectivity index (χ1v) is 6.89. The maximum Gasteiger partial charge on any atom is 0.310 e. The highest BCUT2D eigenvalue weighted by Crippen LogP contribution is 2.14. The van der Waals surface area contributed by atoms with Gasteiger partial charge in [-0.2, -0.15) is 0 Å². The number of hydrogen-bond acceptors (Lipinski definition) is 4. The van der Waals surface area contributed by atoms with Gasteiger partial charge in [-0.1, -0.05) is 0 Å². The minimum absolute atomic E-state index is 0.00907. The maximum atomic E-state index is 11.7. The summed E-state index contributed by atoms with van der Waals surface area (Å²) in [4.78, 5) is 35.7. The molecule has 0 spiro atoms. The summed E-state index contributed by atoms with van der Waals surface area (Å²) in [6.45, 7) is 4.76. The van der Waals surface area contributed by atoms with E-state index in [0.717, 1.165) is 4.88 Å². The van der Waals surface area contributed by atoms with E-state index in [4.69, 9.17) is 5.11 Å². The zero-order valence-electron chi connectivity index (χ0n) is 11.6. The van der Waals surface area contributed by atoms with Crippen LogP contribution in [-0.2, 0) is 9.59 Å². The van der Waals surface area contributed by atoms with Gasteiger partial charge < -0.3 is 15.7 Å². The highest BCUT2D eigenvalue weighted by Gasteiger charge is 2.27. The molecule has 0 aliphatic rings. The fourth-order valence-corrected chi connectivity index (χ4v) is 2.05. The van der Waals surface area contributed by atoms with Crippen molar-refractivity contribution in [2.24, 2.45) is 5.41 Å². The molecule has 1 heterocycles. The Morgan fingerprint density at radius 2 is 1.90 bits per heavy atom. The predicted molar refractivity (Wildman–Crippen MR) is 75.8 cm³/mol. The Kier molecular flexibility index (Phi) is 5.26. The van der Waals surface area contributed by atoms with E-state index in [0.29, 0.717) is 4.88 Å². The molecule has 7 heteroatoms. The Morgan fingerprint density at radius 1 is 1.25 bits per heavy atom. The van der Waals surface area contributed by atoms with Gasteiger partial charge in [-0.05, 0) is 32.9 Å². The molecule has 0 bridgehead atoms. The molecule has 0 saturated heterocycles.